The van der Waals surface area contributed by atoms with Crippen molar-refractivity contribution in [2.75, 3.05) is 6.61 Å². The molecule has 7 nitrogen and oxygen atoms in total. The molecular formula is C26H53NO6Si2. The molecule has 1 heterocycles. The topological polar surface area (TPSA) is 74.3 Å². The fourth-order valence-corrected chi connectivity index (χ4v) is 6.24. The molecule has 0 aromatic heterocycles. The van der Waals surface area contributed by atoms with E-state index < -0.39 is 52.3 Å². The number of rotatable bonds is 8. The fourth-order valence-electron chi connectivity index (χ4n) is 3.56. The zero-order valence-corrected chi connectivity index (χ0v) is 27.1. The van der Waals surface area contributed by atoms with Gasteiger partial charge >= 0.3 is 6.09 Å². The van der Waals surface area contributed by atoms with Gasteiger partial charge in [0.1, 0.15) is 17.6 Å². The van der Waals surface area contributed by atoms with Gasteiger partial charge in [0.05, 0.1) is 24.9 Å². The Morgan fingerprint density at radius 2 is 1.43 bits per heavy atom. The highest BCUT2D eigenvalue weighted by Crippen LogP contribution is 2.43. The van der Waals surface area contributed by atoms with Gasteiger partial charge in [0.25, 0.3) is 0 Å². The first-order chi connectivity index (χ1) is 15.4. The smallest absolute Gasteiger partial charge is 0.412 e. The van der Waals surface area contributed by atoms with Crippen molar-refractivity contribution in [1.29, 1.82) is 0 Å². The molecule has 0 aliphatic carbocycles. The normalized spacial score (nSPS) is 21.6. The van der Waals surface area contributed by atoms with Crippen molar-refractivity contribution in [2.45, 2.75) is 148 Å². The van der Waals surface area contributed by atoms with Gasteiger partial charge in [-0.15, -0.1) is 0 Å². The average Bonchev–Trinajstić information content (AvgIpc) is 2.90. The third-order valence-electron chi connectivity index (χ3n) is 7.67. The molecule has 0 bridgehead atoms. The summed E-state index contributed by atoms with van der Waals surface area (Å²) in [7, 11) is -4.58. The van der Waals surface area contributed by atoms with Crippen LogP contribution in [0.4, 0.5) is 4.79 Å². The highest BCUT2D eigenvalue weighted by molar-refractivity contribution is 6.74. The Labute approximate surface area is 216 Å². The maximum absolute atomic E-state index is 13.5. The molecule has 1 saturated heterocycles. The minimum atomic E-state index is -2.32. The molecule has 1 amide bonds. The first kappa shape index (κ1) is 32.3. The van der Waals surface area contributed by atoms with Gasteiger partial charge in [0.2, 0.25) is 0 Å². The standard InChI is InChI=1S/C26H53NO6Si2/c1-23(2,3)31-22(29)27-19(18-30-26(27,10)11)21(33-35(14,15)25(7,8)9)20(16-17-28)32-34(12,13)24(4,5)6/h17,19-21H,16,18H2,1-15H3/t19-,20+,21-/m0/s1. The van der Waals surface area contributed by atoms with Crippen LogP contribution >= 0.6 is 0 Å². The van der Waals surface area contributed by atoms with Crippen LogP contribution in [-0.4, -0.2) is 70.1 Å². The van der Waals surface area contributed by atoms with Crippen molar-refractivity contribution in [2.24, 2.45) is 0 Å². The molecule has 0 aromatic rings. The first-order valence-electron chi connectivity index (χ1n) is 12.8. The number of carbonyl (C=O) groups is 2. The number of amides is 1. The first-order valence-corrected chi connectivity index (χ1v) is 18.6. The molecule has 1 fully saturated rings. The Morgan fingerprint density at radius 1 is 0.971 bits per heavy atom. The van der Waals surface area contributed by atoms with Gasteiger partial charge in [-0.2, -0.15) is 0 Å². The van der Waals surface area contributed by atoms with Crippen LogP contribution in [0.1, 0.15) is 82.6 Å². The quantitative estimate of drug-likeness (QED) is 0.255. The summed E-state index contributed by atoms with van der Waals surface area (Å²) in [6.07, 6.45) is -0.408. The molecule has 0 N–H and O–H groups in total. The lowest BCUT2D eigenvalue weighted by Crippen LogP contribution is -2.61. The summed E-state index contributed by atoms with van der Waals surface area (Å²) in [5.74, 6) is 0. The monoisotopic (exact) mass is 531 g/mol. The van der Waals surface area contributed by atoms with Crippen molar-refractivity contribution in [3.63, 3.8) is 0 Å². The van der Waals surface area contributed by atoms with E-state index in [-0.39, 0.29) is 23.1 Å². The van der Waals surface area contributed by atoms with Crippen LogP contribution in [0.2, 0.25) is 36.3 Å². The van der Waals surface area contributed by atoms with E-state index in [4.69, 9.17) is 18.3 Å². The lowest BCUT2D eigenvalue weighted by atomic mass is 10.0. The fraction of sp³-hybridized carbons (Fsp3) is 0.923. The predicted molar refractivity (Wildman–Crippen MR) is 147 cm³/mol. The molecule has 1 rings (SSSR count). The molecular weight excluding hydrogens is 478 g/mol. The summed E-state index contributed by atoms with van der Waals surface area (Å²) in [4.78, 5) is 27.0. The lowest BCUT2D eigenvalue weighted by Gasteiger charge is -2.47. The van der Waals surface area contributed by atoms with E-state index in [0.717, 1.165) is 6.29 Å². The highest BCUT2D eigenvalue weighted by atomic mass is 28.4. The summed E-state index contributed by atoms with van der Waals surface area (Å²) in [5.41, 5.74) is -1.54. The number of hydrogen-bond acceptors (Lipinski definition) is 6. The van der Waals surface area contributed by atoms with E-state index in [0.29, 0.717) is 0 Å². The molecule has 0 radical (unpaired) electrons. The Bertz CT molecular complexity index is 746. The van der Waals surface area contributed by atoms with Crippen LogP contribution < -0.4 is 0 Å². The van der Waals surface area contributed by atoms with Gasteiger partial charge in [-0.3, -0.25) is 4.90 Å². The second-order valence-corrected chi connectivity index (χ2v) is 23.8. The maximum atomic E-state index is 13.5. The van der Waals surface area contributed by atoms with Crippen molar-refractivity contribution in [1.82, 2.24) is 4.90 Å². The van der Waals surface area contributed by atoms with E-state index in [2.05, 4.69) is 67.7 Å². The zero-order chi connectivity index (χ0) is 27.8. The zero-order valence-electron chi connectivity index (χ0n) is 25.1. The summed E-state index contributed by atoms with van der Waals surface area (Å²) >= 11 is 0. The van der Waals surface area contributed by atoms with E-state index in [1.807, 2.05) is 34.6 Å². The Kier molecular flexibility index (Phi) is 9.73. The van der Waals surface area contributed by atoms with Gasteiger partial charge in [0, 0.05) is 6.42 Å². The van der Waals surface area contributed by atoms with E-state index in [1.54, 1.807) is 4.90 Å². The molecule has 3 atom stereocenters. The molecule has 0 aromatic carbocycles. The number of carbonyl (C=O) groups excluding carboxylic acids is 2. The average molecular weight is 532 g/mol. The van der Waals surface area contributed by atoms with Gasteiger partial charge < -0.3 is 23.1 Å². The third-order valence-corrected chi connectivity index (χ3v) is 16.7. The number of hydrogen-bond donors (Lipinski definition) is 0. The largest absolute Gasteiger partial charge is 0.444 e. The minimum absolute atomic E-state index is 0.0496. The van der Waals surface area contributed by atoms with Crippen molar-refractivity contribution < 1.29 is 27.9 Å². The van der Waals surface area contributed by atoms with Crippen molar-refractivity contribution in [3.8, 4) is 0 Å². The van der Waals surface area contributed by atoms with Gasteiger partial charge in [-0.05, 0) is 70.9 Å². The molecule has 1 aliphatic heterocycles. The van der Waals surface area contributed by atoms with Crippen LogP contribution in [0.3, 0.4) is 0 Å². The van der Waals surface area contributed by atoms with Crippen LogP contribution in [0.5, 0.6) is 0 Å². The lowest BCUT2D eigenvalue weighted by molar-refractivity contribution is -0.111. The van der Waals surface area contributed by atoms with Gasteiger partial charge in [-0.1, -0.05) is 41.5 Å². The Hall–Kier alpha value is -0.746. The molecule has 0 saturated carbocycles. The minimum Gasteiger partial charge on any atom is -0.444 e. The van der Waals surface area contributed by atoms with Crippen molar-refractivity contribution >= 4 is 29.0 Å². The Morgan fingerprint density at radius 3 is 1.83 bits per heavy atom. The SMILES string of the molecule is CC(C)(C)OC(=O)N1[C@H]([C@H](O[Si](C)(C)C(C)(C)C)[C@@H](CC=O)O[Si](C)(C)C(C)(C)C)COC1(C)C. The number of aldehydes is 1. The predicted octanol–water partition coefficient (Wildman–Crippen LogP) is 6.73. The maximum Gasteiger partial charge on any atom is 0.412 e. The molecule has 9 heteroatoms. The van der Waals surface area contributed by atoms with Crippen LogP contribution in [0.25, 0.3) is 0 Å². The second-order valence-electron chi connectivity index (χ2n) is 14.3. The summed E-state index contributed by atoms with van der Waals surface area (Å²) in [5, 5.41) is -0.119. The molecule has 35 heavy (non-hydrogen) atoms. The molecule has 1 aliphatic rings. The number of ether oxygens (including phenoxy) is 2. The summed E-state index contributed by atoms with van der Waals surface area (Å²) < 4.78 is 25.8. The summed E-state index contributed by atoms with van der Waals surface area (Å²) in [6.45, 7) is 31.4. The van der Waals surface area contributed by atoms with E-state index >= 15 is 0 Å². The Balaban J connectivity index is 3.63. The molecule has 0 unspecified atom stereocenters. The molecule has 0 spiro atoms. The third kappa shape index (κ3) is 8.12. The number of nitrogens with zero attached hydrogens (tertiary/aromatic N) is 1. The van der Waals surface area contributed by atoms with E-state index in [1.165, 1.54) is 0 Å². The summed E-state index contributed by atoms with van der Waals surface area (Å²) in [6, 6.07) is -0.455. The van der Waals surface area contributed by atoms with Gasteiger partial charge in [-0.25, -0.2) is 4.79 Å². The van der Waals surface area contributed by atoms with Crippen LogP contribution in [0, 0.1) is 0 Å². The van der Waals surface area contributed by atoms with Crippen molar-refractivity contribution in [3.05, 3.63) is 0 Å². The van der Waals surface area contributed by atoms with Gasteiger partial charge in [0.15, 0.2) is 16.6 Å². The highest BCUT2D eigenvalue weighted by Gasteiger charge is 2.54. The van der Waals surface area contributed by atoms with Crippen LogP contribution in [-0.2, 0) is 23.1 Å². The second kappa shape index (κ2) is 10.6. The molecule has 206 valence electrons. The van der Waals surface area contributed by atoms with E-state index in [9.17, 15) is 9.59 Å². The van der Waals surface area contributed by atoms with Crippen LogP contribution in [0.15, 0.2) is 0 Å².